The number of halogens is 2. The van der Waals surface area contributed by atoms with E-state index in [1.54, 1.807) is 0 Å². The molecule has 2 heterocycles. The van der Waals surface area contributed by atoms with Crippen LogP contribution in [0.5, 0.6) is 0 Å². The van der Waals surface area contributed by atoms with E-state index >= 15 is 0 Å². The Hall–Kier alpha value is -2.49. The van der Waals surface area contributed by atoms with Gasteiger partial charge in [0.05, 0.1) is 23.1 Å². The molecule has 0 bridgehead atoms. The van der Waals surface area contributed by atoms with Crippen LogP contribution < -0.4 is 5.32 Å². The van der Waals surface area contributed by atoms with E-state index in [9.17, 15) is 0 Å². The van der Waals surface area contributed by atoms with E-state index in [1.165, 1.54) is 11.1 Å². The van der Waals surface area contributed by atoms with E-state index in [-0.39, 0.29) is 12.1 Å². The molecule has 0 saturated heterocycles. The maximum absolute atomic E-state index is 6.12. The Balaban J connectivity index is 1.65. The standard InChI is InChI=1S/C22H17Cl2N3/c23-16-9-5-14(6-10-16)19-13-21(15-7-11-17(24)12-8-15)27-20-4-2-1-3-18(20)25-22(27)26-19/h1-12,19,21H,13H2,(H,25,26)/t19-,21-/m1/s1. The van der Waals surface area contributed by atoms with E-state index < -0.39 is 0 Å². The van der Waals surface area contributed by atoms with Gasteiger partial charge in [0.25, 0.3) is 0 Å². The first-order valence-electron chi connectivity index (χ1n) is 8.93. The molecular formula is C22H17Cl2N3. The van der Waals surface area contributed by atoms with E-state index in [0.29, 0.717) is 0 Å². The average Bonchev–Trinajstić information content (AvgIpc) is 3.07. The number of nitrogens with zero attached hydrogens (tertiary/aromatic N) is 2. The van der Waals surface area contributed by atoms with Gasteiger partial charge in [-0.15, -0.1) is 0 Å². The minimum absolute atomic E-state index is 0.159. The van der Waals surface area contributed by atoms with Gasteiger partial charge in [0, 0.05) is 10.0 Å². The third-order valence-corrected chi connectivity index (χ3v) is 5.70. The first-order chi connectivity index (χ1) is 13.2. The van der Waals surface area contributed by atoms with Crippen molar-refractivity contribution in [3.63, 3.8) is 0 Å². The molecule has 5 rings (SSSR count). The lowest BCUT2D eigenvalue weighted by Gasteiger charge is -2.33. The van der Waals surface area contributed by atoms with Gasteiger partial charge in [-0.25, -0.2) is 4.98 Å². The highest BCUT2D eigenvalue weighted by Crippen LogP contribution is 2.41. The smallest absolute Gasteiger partial charge is 0.204 e. The van der Waals surface area contributed by atoms with E-state index in [4.69, 9.17) is 28.2 Å². The van der Waals surface area contributed by atoms with E-state index in [0.717, 1.165) is 33.4 Å². The molecule has 2 atom stereocenters. The van der Waals surface area contributed by atoms with Gasteiger partial charge in [-0.2, -0.15) is 0 Å². The Kier molecular flexibility index (Phi) is 4.07. The molecule has 0 radical (unpaired) electrons. The van der Waals surface area contributed by atoms with E-state index in [2.05, 4.69) is 52.3 Å². The van der Waals surface area contributed by atoms with Gasteiger partial charge < -0.3 is 9.88 Å². The zero-order chi connectivity index (χ0) is 18.4. The van der Waals surface area contributed by atoms with Gasteiger partial charge in [0.2, 0.25) is 5.95 Å². The van der Waals surface area contributed by atoms with Crippen molar-refractivity contribution in [2.24, 2.45) is 0 Å². The van der Waals surface area contributed by atoms with Gasteiger partial charge in [0.15, 0.2) is 0 Å². The summed E-state index contributed by atoms with van der Waals surface area (Å²) in [6.45, 7) is 0. The summed E-state index contributed by atoms with van der Waals surface area (Å²) in [6.07, 6.45) is 0.913. The Morgan fingerprint density at radius 1 is 0.815 bits per heavy atom. The summed E-state index contributed by atoms with van der Waals surface area (Å²) in [7, 11) is 0. The summed E-state index contributed by atoms with van der Waals surface area (Å²) in [6, 6.07) is 24.7. The number of hydrogen-bond donors (Lipinski definition) is 1. The van der Waals surface area contributed by atoms with Crippen molar-refractivity contribution in [2.75, 3.05) is 5.32 Å². The Morgan fingerprint density at radius 2 is 1.44 bits per heavy atom. The number of benzene rings is 3. The summed E-state index contributed by atoms with van der Waals surface area (Å²) in [4.78, 5) is 4.84. The Labute approximate surface area is 167 Å². The van der Waals surface area contributed by atoms with Crippen molar-refractivity contribution in [3.8, 4) is 0 Å². The predicted molar refractivity (Wildman–Crippen MR) is 112 cm³/mol. The van der Waals surface area contributed by atoms with Crippen LogP contribution in [0.2, 0.25) is 10.0 Å². The number of aromatic nitrogens is 2. The molecule has 134 valence electrons. The van der Waals surface area contributed by atoms with Gasteiger partial charge >= 0.3 is 0 Å². The molecule has 0 fully saturated rings. The highest BCUT2D eigenvalue weighted by atomic mass is 35.5. The largest absolute Gasteiger partial charge is 0.349 e. The summed E-state index contributed by atoms with van der Waals surface area (Å²) >= 11 is 12.2. The lowest BCUT2D eigenvalue weighted by molar-refractivity contribution is 0.477. The topological polar surface area (TPSA) is 29.9 Å². The minimum Gasteiger partial charge on any atom is -0.349 e. The van der Waals surface area contributed by atoms with Crippen LogP contribution in [0.25, 0.3) is 11.0 Å². The summed E-state index contributed by atoms with van der Waals surface area (Å²) < 4.78 is 2.30. The summed E-state index contributed by atoms with van der Waals surface area (Å²) in [5, 5.41) is 5.11. The van der Waals surface area contributed by atoms with Gasteiger partial charge in [-0.3, -0.25) is 0 Å². The molecule has 0 unspecified atom stereocenters. The fourth-order valence-corrected chi connectivity index (χ4v) is 4.14. The number of anilines is 1. The molecule has 0 amide bonds. The minimum atomic E-state index is 0.159. The third kappa shape index (κ3) is 2.97. The first kappa shape index (κ1) is 16.7. The maximum Gasteiger partial charge on any atom is 0.204 e. The van der Waals surface area contributed by atoms with Crippen molar-refractivity contribution in [1.29, 1.82) is 0 Å². The van der Waals surface area contributed by atoms with Crippen LogP contribution in [0.3, 0.4) is 0 Å². The molecule has 27 heavy (non-hydrogen) atoms. The van der Waals surface area contributed by atoms with Crippen LogP contribution in [-0.4, -0.2) is 9.55 Å². The van der Waals surface area contributed by atoms with Crippen LogP contribution in [0, 0.1) is 0 Å². The van der Waals surface area contributed by atoms with Crippen LogP contribution >= 0.6 is 23.2 Å². The van der Waals surface area contributed by atoms with E-state index in [1.807, 2.05) is 30.3 Å². The summed E-state index contributed by atoms with van der Waals surface area (Å²) in [5.74, 6) is 0.891. The van der Waals surface area contributed by atoms with Gasteiger partial charge in [-0.05, 0) is 53.9 Å². The molecule has 1 aromatic heterocycles. The second-order valence-corrected chi connectivity index (χ2v) is 7.72. The number of rotatable bonds is 2. The lowest BCUT2D eigenvalue weighted by Crippen LogP contribution is -2.27. The molecule has 1 aliphatic heterocycles. The van der Waals surface area contributed by atoms with Crippen molar-refractivity contribution >= 4 is 40.2 Å². The molecule has 1 N–H and O–H groups in total. The van der Waals surface area contributed by atoms with Crippen LogP contribution in [0.15, 0.2) is 72.8 Å². The predicted octanol–water partition coefficient (Wildman–Crippen LogP) is 6.49. The van der Waals surface area contributed by atoms with Crippen molar-refractivity contribution < 1.29 is 0 Å². The summed E-state index contributed by atoms with van der Waals surface area (Å²) in [5.41, 5.74) is 4.56. The fraction of sp³-hybridized carbons (Fsp3) is 0.136. The highest BCUT2D eigenvalue weighted by molar-refractivity contribution is 6.30. The molecule has 0 saturated carbocycles. The first-order valence-corrected chi connectivity index (χ1v) is 9.69. The number of imidazole rings is 1. The third-order valence-electron chi connectivity index (χ3n) is 5.20. The molecule has 3 aromatic carbocycles. The van der Waals surface area contributed by atoms with Crippen LogP contribution in [0.4, 0.5) is 5.95 Å². The molecule has 0 spiro atoms. The second-order valence-electron chi connectivity index (χ2n) is 6.85. The second kappa shape index (κ2) is 6.59. The molecule has 0 aliphatic carbocycles. The normalized spacial score (nSPS) is 18.9. The fourth-order valence-electron chi connectivity index (χ4n) is 3.89. The Bertz CT molecular complexity index is 1100. The average molecular weight is 394 g/mol. The number of hydrogen-bond acceptors (Lipinski definition) is 2. The van der Waals surface area contributed by atoms with Crippen molar-refractivity contribution in [2.45, 2.75) is 18.5 Å². The lowest BCUT2D eigenvalue weighted by atomic mass is 9.93. The molecular weight excluding hydrogens is 377 g/mol. The number of nitrogens with one attached hydrogen (secondary N) is 1. The highest BCUT2D eigenvalue weighted by Gasteiger charge is 2.30. The van der Waals surface area contributed by atoms with Crippen molar-refractivity contribution in [1.82, 2.24) is 9.55 Å². The van der Waals surface area contributed by atoms with Crippen LogP contribution in [0.1, 0.15) is 29.6 Å². The zero-order valence-corrected chi connectivity index (χ0v) is 16.0. The van der Waals surface area contributed by atoms with Crippen molar-refractivity contribution in [3.05, 3.63) is 94.0 Å². The molecule has 4 aromatic rings. The molecule has 1 aliphatic rings. The number of para-hydroxylation sites is 2. The molecule has 5 heteroatoms. The zero-order valence-electron chi connectivity index (χ0n) is 14.4. The maximum atomic E-state index is 6.12. The SMILES string of the molecule is Clc1ccc([C@H]2C[C@H](c3ccc(Cl)cc3)Nc3nc4ccccc4n32)cc1. The Morgan fingerprint density at radius 3 is 2.15 bits per heavy atom. The van der Waals surface area contributed by atoms with Crippen LogP contribution in [-0.2, 0) is 0 Å². The number of fused-ring (bicyclic) bond motifs is 3. The quantitative estimate of drug-likeness (QED) is 0.421. The monoisotopic (exact) mass is 393 g/mol. The van der Waals surface area contributed by atoms with Gasteiger partial charge in [0.1, 0.15) is 0 Å². The van der Waals surface area contributed by atoms with Gasteiger partial charge in [-0.1, -0.05) is 59.6 Å². The molecule has 3 nitrogen and oxygen atoms in total.